The lowest BCUT2D eigenvalue weighted by molar-refractivity contribution is 0.101. The topological polar surface area (TPSA) is 51.9 Å². The van der Waals surface area contributed by atoms with Crippen LogP contribution in [0.15, 0.2) is 54.9 Å². The van der Waals surface area contributed by atoms with Gasteiger partial charge in [0.2, 0.25) is 0 Å². The Bertz CT molecular complexity index is 866. The molecule has 0 spiro atoms. The molecule has 1 aromatic carbocycles. The number of nitrogens with one attached hydrogen (secondary N) is 1. The van der Waals surface area contributed by atoms with Gasteiger partial charge in [-0.15, -0.1) is 0 Å². The molecular formula is C20H24N4O. The van der Waals surface area contributed by atoms with Crippen molar-refractivity contribution in [3.8, 4) is 0 Å². The van der Waals surface area contributed by atoms with Gasteiger partial charge in [0.1, 0.15) is 11.5 Å². The van der Waals surface area contributed by atoms with E-state index in [1.54, 1.807) is 21.5 Å². The molecule has 5 nitrogen and oxygen atoms in total. The average Bonchev–Trinajstić information content (AvgIpc) is 3.16. The predicted molar refractivity (Wildman–Crippen MR) is 99.8 cm³/mol. The Morgan fingerprint density at radius 1 is 1.12 bits per heavy atom. The zero-order chi connectivity index (χ0) is 18.0. The monoisotopic (exact) mass is 336 g/mol. The molecule has 3 rings (SSSR count). The lowest BCUT2D eigenvalue weighted by Gasteiger charge is -2.19. The largest absolute Gasteiger partial charge is 0.347 e. The van der Waals surface area contributed by atoms with Crippen molar-refractivity contribution >= 4 is 11.7 Å². The Morgan fingerprint density at radius 2 is 1.84 bits per heavy atom. The molecule has 1 N–H and O–H groups in total. The Kier molecular flexibility index (Phi) is 4.49. The molecule has 0 aliphatic heterocycles. The molecular weight excluding hydrogens is 312 g/mol. The maximum absolute atomic E-state index is 12.4. The standard InChI is InChI=1S/C20H24N4O/c1-20(2,3)16-9-7-15(8-10-16)14-24-18(11-12-21-24)22-19(25)17-6-5-13-23(17)4/h5-13H,14H2,1-4H3,(H,22,25). The molecule has 0 aliphatic rings. The molecule has 0 atom stereocenters. The average molecular weight is 336 g/mol. The van der Waals surface area contributed by atoms with Crippen LogP contribution in [0.1, 0.15) is 42.4 Å². The molecule has 0 saturated heterocycles. The first-order chi connectivity index (χ1) is 11.8. The molecule has 2 aromatic heterocycles. The van der Waals surface area contributed by atoms with Crippen LogP contribution in [-0.2, 0) is 19.0 Å². The van der Waals surface area contributed by atoms with Crippen molar-refractivity contribution in [2.24, 2.45) is 7.05 Å². The molecule has 3 aromatic rings. The summed E-state index contributed by atoms with van der Waals surface area (Å²) in [7, 11) is 1.85. The molecule has 0 saturated carbocycles. The van der Waals surface area contributed by atoms with E-state index in [0.29, 0.717) is 18.1 Å². The molecule has 2 heterocycles. The van der Waals surface area contributed by atoms with Crippen LogP contribution in [0, 0.1) is 0 Å². The van der Waals surface area contributed by atoms with E-state index in [2.05, 4.69) is 55.5 Å². The van der Waals surface area contributed by atoms with Crippen LogP contribution in [0.2, 0.25) is 0 Å². The van der Waals surface area contributed by atoms with Crippen LogP contribution in [0.4, 0.5) is 5.82 Å². The third-order valence-corrected chi connectivity index (χ3v) is 4.29. The number of amides is 1. The second-order valence-corrected chi connectivity index (χ2v) is 7.28. The number of anilines is 1. The van der Waals surface area contributed by atoms with Crippen molar-refractivity contribution in [1.29, 1.82) is 0 Å². The fraction of sp³-hybridized carbons (Fsp3) is 0.300. The molecule has 0 unspecified atom stereocenters. The Morgan fingerprint density at radius 3 is 2.44 bits per heavy atom. The number of hydrogen-bond acceptors (Lipinski definition) is 2. The summed E-state index contributed by atoms with van der Waals surface area (Å²) >= 11 is 0. The van der Waals surface area contributed by atoms with Gasteiger partial charge in [0, 0.05) is 19.3 Å². The lowest BCUT2D eigenvalue weighted by atomic mass is 9.87. The van der Waals surface area contributed by atoms with Crippen molar-refractivity contribution in [3.63, 3.8) is 0 Å². The van der Waals surface area contributed by atoms with Crippen LogP contribution in [-0.4, -0.2) is 20.3 Å². The van der Waals surface area contributed by atoms with Crippen molar-refractivity contribution in [1.82, 2.24) is 14.3 Å². The zero-order valence-electron chi connectivity index (χ0n) is 15.2. The number of hydrogen-bond donors (Lipinski definition) is 1. The first kappa shape index (κ1) is 17.0. The van der Waals surface area contributed by atoms with Crippen LogP contribution >= 0.6 is 0 Å². The van der Waals surface area contributed by atoms with E-state index >= 15 is 0 Å². The summed E-state index contributed by atoms with van der Waals surface area (Å²) in [6, 6.07) is 14.0. The highest BCUT2D eigenvalue weighted by molar-refractivity contribution is 6.02. The van der Waals surface area contributed by atoms with E-state index in [1.165, 1.54) is 5.56 Å². The predicted octanol–water partition coefficient (Wildman–Crippen LogP) is 3.82. The van der Waals surface area contributed by atoms with E-state index in [4.69, 9.17) is 0 Å². The number of aryl methyl sites for hydroxylation is 1. The highest BCUT2D eigenvalue weighted by Gasteiger charge is 2.14. The fourth-order valence-electron chi connectivity index (χ4n) is 2.73. The summed E-state index contributed by atoms with van der Waals surface area (Å²) in [5, 5.41) is 7.26. The van der Waals surface area contributed by atoms with Gasteiger partial charge in [-0.1, -0.05) is 45.0 Å². The summed E-state index contributed by atoms with van der Waals surface area (Å²) in [6.45, 7) is 7.21. The summed E-state index contributed by atoms with van der Waals surface area (Å²) in [4.78, 5) is 12.4. The second-order valence-electron chi connectivity index (χ2n) is 7.28. The number of carbonyl (C=O) groups excluding carboxylic acids is 1. The minimum atomic E-state index is -0.141. The number of rotatable bonds is 4. The summed E-state index contributed by atoms with van der Waals surface area (Å²) in [5.74, 6) is 0.545. The van der Waals surface area contributed by atoms with E-state index in [-0.39, 0.29) is 11.3 Å². The first-order valence-electron chi connectivity index (χ1n) is 8.38. The summed E-state index contributed by atoms with van der Waals surface area (Å²) in [6.07, 6.45) is 3.55. The van der Waals surface area contributed by atoms with E-state index in [9.17, 15) is 4.79 Å². The van der Waals surface area contributed by atoms with Crippen LogP contribution < -0.4 is 5.32 Å². The van der Waals surface area contributed by atoms with Crippen molar-refractivity contribution in [2.45, 2.75) is 32.7 Å². The van der Waals surface area contributed by atoms with Gasteiger partial charge in [-0.2, -0.15) is 5.10 Å². The molecule has 130 valence electrons. The van der Waals surface area contributed by atoms with Gasteiger partial charge in [-0.3, -0.25) is 4.79 Å². The SMILES string of the molecule is Cn1cccc1C(=O)Nc1ccnn1Cc1ccc(C(C)(C)C)cc1. The molecule has 5 heteroatoms. The highest BCUT2D eigenvalue weighted by atomic mass is 16.2. The maximum atomic E-state index is 12.4. The molecule has 0 aliphatic carbocycles. The van der Waals surface area contributed by atoms with Gasteiger partial charge in [-0.25, -0.2) is 4.68 Å². The van der Waals surface area contributed by atoms with E-state index < -0.39 is 0 Å². The summed E-state index contributed by atoms with van der Waals surface area (Å²) in [5.41, 5.74) is 3.20. The molecule has 0 radical (unpaired) electrons. The van der Waals surface area contributed by atoms with Gasteiger partial charge >= 0.3 is 0 Å². The number of aromatic nitrogens is 3. The Labute approximate surface area is 148 Å². The number of carbonyl (C=O) groups is 1. The minimum Gasteiger partial charge on any atom is -0.347 e. The van der Waals surface area contributed by atoms with Crippen molar-refractivity contribution in [3.05, 3.63) is 71.7 Å². The van der Waals surface area contributed by atoms with E-state index in [0.717, 1.165) is 5.56 Å². The Hall–Kier alpha value is -2.82. The normalized spacial score (nSPS) is 11.5. The molecule has 0 bridgehead atoms. The number of nitrogens with zero attached hydrogens (tertiary/aromatic N) is 3. The second kappa shape index (κ2) is 6.59. The van der Waals surface area contributed by atoms with Crippen LogP contribution in [0.25, 0.3) is 0 Å². The van der Waals surface area contributed by atoms with Crippen LogP contribution in [0.5, 0.6) is 0 Å². The maximum Gasteiger partial charge on any atom is 0.273 e. The lowest BCUT2D eigenvalue weighted by Crippen LogP contribution is -2.18. The van der Waals surface area contributed by atoms with Crippen molar-refractivity contribution in [2.75, 3.05) is 5.32 Å². The molecule has 1 amide bonds. The first-order valence-corrected chi connectivity index (χ1v) is 8.38. The van der Waals surface area contributed by atoms with Gasteiger partial charge in [-0.05, 0) is 28.7 Å². The zero-order valence-corrected chi connectivity index (χ0v) is 15.2. The summed E-state index contributed by atoms with van der Waals surface area (Å²) < 4.78 is 3.59. The Balaban J connectivity index is 1.74. The van der Waals surface area contributed by atoms with Gasteiger partial charge in [0.15, 0.2) is 0 Å². The third kappa shape index (κ3) is 3.82. The quantitative estimate of drug-likeness (QED) is 0.787. The number of benzene rings is 1. The fourth-order valence-corrected chi connectivity index (χ4v) is 2.73. The third-order valence-electron chi connectivity index (χ3n) is 4.29. The molecule has 0 fully saturated rings. The smallest absolute Gasteiger partial charge is 0.273 e. The van der Waals surface area contributed by atoms with Crippen LogP contribution in [0.3, 0.4) is 0 Å². The van der Waals surface area contributed by atoms with E-state index in [1.807, 2.05) is 25.4 Å². The van der Waals surface area contributed by atoms with Gasteiger partial charge < -0.3 is 9.88 Å². The highest BCUT2D eigenvalue weighted by Crippen LogP contribution is 2.22. The minimum absolute atomic E-state index is 0.137. The van der Waals surface area contributed by atoms with Crippen molar-refractivity contribution < 1.29 is 4.79 Å². The van der Waals surface area contributed by atoms with Gasteiger partial charge in [0.25, 0.3) is 5.91 Å². The van der Waals surface area contributed by atoms with Gasteiger partial charge in [0.05, 0.1) is 12.7 Å². The molecule has 25 heavy (non-hydrogen) atoms.